The number of hydrogen-bond donors (Lipinski definition) is 5. The monoisotopic (exact) mass is 814 g/mol. The van der Waals surface area contributed by atoms with Crippen LogP contribution in [0.5, 0.6) is 0 Å². The molecule has 1 spiro atoms. The first-order valence-corrected chi connectivity index (χ1v) is 21.2. The molecule has 4 saturated heterocycles. The van der Waals surface area contributed by atoms with E-state index in [1.54, 1.807) is 55.5 Å². The maximum absolute atomic E-state index is 13.7. The van der Waals surface area contributed by atoms with Crippen molar-refractivity contribution in [1.82, 2.24) is 0 Å². The lowest BCUT2D eigenvalue weighted by Gasteiger charge is -2.74. The third-order valence-electron chi connectivity index (χ3n) is 16.2. The highest BCUT2D eigenvalue weighted by Gasteiger charge is 2.91. The van der Waals surface area contributed by atoms with Crippen LogP contribution in [0.25, 0.3) is 0 Å². The van der Waals surface area contributed by atoms with E-state index in [0.29, 0.717) is 24.0 Å². The average Bonchev–Trinajstić information content (AvgIpc) is 3.79. The number of carbonyl (C=O) groups is 2. The van der Waals surface area contributed by atoms with E-state index >= 15 is 0 Å². The maximum atomic E-state index is 13.7. The molecule has 12 rings (SSSR count). The molecule has 8 fully saturated rings. The molecular weight excluding hydrogens is 760 g/mol. The molecule has 1 unspecified atom stereocenters. The van der Waals surface area contributed by atoms with E-state index in [9.17, 15) is 35.1 Å². The minimum Gasteiger partial charge on any atom is -0.456 e. The van der Waals surface area contributed by atoms with Crippen LogP contribution in [-0.4, -0.2) is 109 Å². The molecule has 0 amide bonds. The molecule has 6 aliphatic heterocycles. The number of hydrogen-bond acceptors (Lipinski definition) is 13. The van der Waals surface area contributed by atoms with Crippen molar-refractivity contribution in [3.8, 4) is 0 Å². The Labute approximate surface area is 342 Å². The Morgan fingerprint density at radius 2 is 1.58 bits per heavy atom. The van der Waals surface area contributed by atoms with Gasteiger partial charge in [0, 0.05) is 35.3 Å². The second-order valence-corrected chi connectivity index (χ2v) is 19.0. The Morgan fingerprint density at radius 1 is 0.881 bits per heavy atom. The van der Waals surface area contributed by atoms with Crippen LogP contribution in [0, 0.1) is 41.4 Å². The summed E-state index contributed by atoms with van der Waals surface area (Å²) in [7, 11) is 0. The predicted molar refractivity (Wildman–Crippen MR) is 207 cm³/mol. The minimum atomic E-state index is -2.22. The van der Waals surface area contributed by atoms with Crippen molar-refractivity contribution in [3.63, 3.8) is 0 Å². The number of aliphatic hydroxyl groups is 5. The summed E-state index contributed by atoms with van der Waals surface area (Å²) in [5.74, 6) is -6.79. The zero-order chi connectivity index (χ0) is 41.5. The Bertz CT molecular complexity index is 2060. The van der Waals surface area contributed by atoms with Crippen LogP contribution >= 0.6 is 0 Å². The van der Waals surface area contributed by atoms with Gasteiger partial charge in [0.05, 0.1) is 23.4 Å². The van der Waals surface area contributed by atoms with Gasteiger partial charge in [-0.3, -0.25) is 0 Å². The minimum absolute atomic E-state index is 0.102. The standard InChI is InChI=1S/C46H54O13/c1-24-21-32-43(52)35(24)55-33(48)18-12-11-17-31(54-39(49)27-13-7-5-8-14-27)30-20-19-28(25(30)2)22-41(4,51)45(53)36-26(3)44(32)34(37-42(23-47,56-37)40(43)50)38(45)58-46(57-36,59-44)29-15-9-6-10-16-29/h5-18,24-26,28,30-32,34-38,40,47,50-53H,19-23H2,1-4H3/b17-11+,18-12+/t24-,25-,26+,28+,30-,31-,32+,34-,35-,36-,37-,38+,40+,41+,42-,43+,44-,45-,46?/m0/s1. The second-order valence-electron chi connectivity index (χ2n) is 19.0. The Morgan fingerprint density at radius 3 is 2.29 bits per heavy atom. The Hall–Kier alpha value is -3.50. The highest BCUT2D eigenvalue weighted by Crippen LogP contribution is 2.75. The van der Waals surface area contributed by atoms with Gasteiger partial charge in [-0.1, -0.05) is 81.5 Å². The molecule has 13 nitrogen and oxygen atoms in total. The smallest absolute Gasteiger partial charge is 0.338 e. The lowest BCUT2D eigenvalue weighted by molar-refractivity contribution is -0.595. The van der Waals surface area contributed by atoms with Gasteiger partial charge < -0.3 is 54.0 Å². The van der Waals surface area contributed by atoms with Gasteiger partial charge in [0.15, 0.2) is 0 Å². The van der Waals surface area contributed by atoms with Crippen molar-refractivity contribution in [1.29, 1.82) is 0 Å². The zero-order valence-electron chi connectivity index (χ0n) is 33.6. The highest BCUT2D eigenvalue weighted by molar-refractivity contribution is 5.89. The first kappa shape index (κ1) is 39.6. The van der Waals surface area contributed by atoms with Crippen LogP contribution in [-0.2, 0) is 39.2 Å². The van der Waals surface area contributed by atoms with Crippen LogP contribution in [0.15, 0.2) is 85.0 Å². The molecule has 10 aliphatic rings. The third kappa shape index (κ3) is 5.17. The Balaban J connectivity index is 1.14. The van der Waals surface area contributed by atoms with Gasteiger partial charge in [-0.2, -0.15) is 0 Å². The van der Waals surface area contributed by atoms with E-state index in [-0.39, 0.29) is 30.6 Å². The Kier molecular flexibility index (Phi) is 8.90. The summed E-state index contributed by atoms with van der Waals surface area (Å²) in [5, 5.41) is 63.4. The summed E-state index contributed by atoms with van der Waals surface area (Å²) in [4.78, 5) is 27.2. The van der Waals surface area contributed by atoms with Gasteiger partial charge in [0.1, 0.15) is 53.4 Å². The van der Waals surface area contributed by atoms with Crippen molar-refractivity contribution in [2.75, 3.05) is 6.61 Å². The number of rotatable bonds is 4. The van der Waals surface area contributed by atoms with Gasteiger partial charge in [-0.25, -0.2) is 9.59 Å². The lowest BCUT2D eigenvalue weighted by Crippen LogP contribution is -2.89. The van der Waals surface area contributed by atoms with Gasteiger partial charge in [0.2, 0.25) is 0 Å². The fourth-order valence-electron chi connectivity index (χ4n) is 13.3. The first-order valence-electron chi connectivity index (χ1n) is 21.2. The fraction of sp³-hybridized carbons (Fsp3) is 0.609. The summed E-state index contributed by atoms with van der Waals surface area (Å²) in [6.07, 6.45) is 0.608. The number of benzene rings is 2. The number of epoxide rings is 1. The van der Waals surface area contributed by atoms with E-state index in [1.807, 2.05) is 38.1 Å². The number of fused-ring (bicyclic) bond motifs is 6. The van der Waals surface area contributed by atoms with Gasteiger partial charge in [-0.15, -0.1) is 0 Å². The zero-order valence-corrected chi connectivity index (χ0v) is 33.6. The normalized spacial score (nSPS) is 52.8. The molecule has 316 valence electrons. The van der Waals surface area contributed by atoms with Crippen molar-refractivity contribution >= 4 is 11.9 Å². The molecule has 2 aromatic carbocycles. The topological polar surface area (TPSA) is 194 Å². The molecule has 2 aromatic rings. The van der Waals surface area contributed by atoms with Gasteiger partial charge in [-0.05, 0) is 68.6 Å². The quantitative estimate of drug-likeness (QED) is 0.223. The van der Waals surface area contributed by atoms with Crippen LogP contribution in [0.1, 0.15) is 69.3 Å². The predicted octanol–water partition coefficient (Wildman–Crippen LogP) is 3.31. The summed E-state index contributed by atoms with van der Waals surface area (Å²) in [5.41, 5.74) is -8.50. The number of esters is 2. The molecule has 4 saturated carbocycles. The van der Waals surface area contributed by atoms with Gasteiger partial charge in [0.25, 0.3) is 0 Å². The molecule has 13 heteroatoms. The summed E-state index contributed by atoms with van der Waals surface area (Å²) < 4.78 is 39.7. The van der Waals surface area contributed by atoms with Crippen molar-refractivity contribution in [2.45, 2.75) is 124 Å². The molecular formula is C46H54O13. The van der Waals surface area contributed by atoms with Crippen molar-refractivity contribution < 1.29 is 63.5 Å². The van der Waals surface area contributed by atoms with E-state index in [1.165, 1.54) is 12.2 Å². The van der Waals surface area contributed by atoms with Crippen LogP contribution < -0.4 is 0 Å². The second kappa shape index (κ2) is 13.3. The number of allylic oxidation sites excluding steroid dienone is 2. The molecule has 5 N–H and O–H groups in total. The molecule has 59 heavy (non-hydrogen) atoms. The third-order valence-corrected chi connectivity index (χ3v) is 16.2. The van der Waals surface area contributed by atoms with E-state index < -0.39 is 113 Å². The molecule has 0 radical (unpaired) electrons. The van der Waals surface area contributed by atoms with Crippen molar-refractivity contribution in [3.05, 3.63) is 96.1 Å². The first-order chi connectivity index (χ1) is 28.1. The van der Waals surface area contributed by atoms with E-state index in [0.717, 1.165) is 0 Å². The molecule has 0 aromatic heterocycles. The molecule has 11 bridgehead atoms. The molecule has 19 atom stereocenters. The number of ether oxygens (including phenoxy) is 6. The largest absolute Gasteiger partial charge is 0.456 e. The summed E-state index contributed by atoms with van der Waals surface area (Å²) >= 11 is 0. The maximum Gasteiger partial charge on any atom is 0.338 e. The van der Waals surface area contributed by atoms with Crippen LogP contribution in [0.3, 0.4) is 0 Å². The van der Waals surface area contributed by atoms with Crippen LogP contribution in [0.4, 0.5) is 0 Å². The fourth-order valence-corrected chi connectivity index (χ4v) is 13.3. The molecule has 4 aliphatic carbocycles. The highest BCUT2D eigenvalue weighted by atomic mass is 16.9. The number of carbonyl (C=O) groups excluding carboxylic acids is 2. The average molecular weight is 815 g/mol. The lowest BCUT2D eigenvalue weighted by atomic mass is 9.49. The van der Waals surface area contributed by atoms with E-state index in [4.69, 9.17) is 28.4 Å². The van der Waals surface area contributed by atoms with Crippen molar-refractivity contribution in [2.24, 2.45) is 41.4 Å². The summed E-state index contributed by atoms with van der Waals surface area (Å²) in [6.45, 7) is 6.66. The van der Waals surface area contributed by atoms with Crippen LogP contribution in [0.2, 0.25) is 0 Å². The number of aliphatic hydroxyl groups excluding tert-OH is 2. The van der Waals surface area contributed by atoms with Gasteiger partial charge >= 0.3 is 17.9 Å². The molecule has 6 heterocycles. The summed E-state index contributed by atoms with van der Waals surface area (Å²) in [6, 6.07) is 17.7. The van der Waals surface area contributed by atoms with E-state index in [2.05, 4.69) is 6.92 Å². The SMILES string of the molecule is C[C@H]1[C@@H]2CC[C@@H]1[C@@H](OC(=O)c1ccccc1)/C=C/C=C/C(=O)O[C@H]1[C@@H](C)C[C@@H]3[C@]1(O)[C@H](O)[C@@]1(CO)O[C@H]1[C@H]1[C@H]4OC5(c6ccccc6)O[C@@H]([C@@H](C)[C@@]13O5)[C@@]4(O)[C@](C)(O)C2.